The summed E-state index contributed by atoms with van der Waals surface area (Å²) in [7, 11) is 1.57. The summed E-state index contributed by atoms with van der Waals surface area (Å²) in [6, 6.07) is 6.22. The van der Waals surface area contributed by atoms with Crippen molar-refractivity contribution in [2.24, 2.45) is 11.8 Å². The summed E-state index contributed by atoms with van der Waals surface area (Å²) in [6.45, 7) is 5.48. The highest BCUT2D eigenvalue weighted by Gasteiger charge is 2.31. The Labute approximate surface area is 125 Å². The number of nitrogens with zero attached hydrogens (tertiary/aromatic N) is 2. The van der Waals surface area contributed by atoms with Crippen molar-refractivity contribution in [2.45, 2.75) is 20.3 Å². The van der Waals surface area contributed by atoms with Crippen LogP contribution >= 0.6 is 0 Å². The number of aromatic hydroxyl groups is 1. The first-order chi connectivity index (χ1) is 9.88. The lowest BCUT2D eigenvalue weighted by Crippen LogP contribution is -2.49. The normalized spacial score (nSPS) is 22.0. The first kappa shape index (κ1) is 15.4. The van der Waals surface area contributed by atoms with Gasteiger partial charge in [0, 0.05) is 25.8 Å². The molecule has 2 amide bonds. The molecule has 1 aliphatic rings. The maximum absolute atomic E-state index is 12.4. The number of piperidine rings is 1. The van der Waals surface area contributed by atoms with Gasteiger partial charge < -0.3 is 14.9 Å². The summed E-state index contributed by atoms with van der Waals surface area (Å²) >= 11 is 0. The van der Waals surface area contributed by atoms with Crippen molar-refractivity contribution in [3.05, 3.63) is 24.3 Å². The molecule has 2 atom stereocenters. The van der Waals surface area contributed by atoms with Crippen molar-refractivity contribution in [3.63, 3.8) is 0 Å². The molecule has 5 heteroatoms. The van der Waals surface area contributed by atoms with Crippen molar-refractivity contribution in [1.82, 2.24) is 4.90 Å². The molecule has 1 saturated heterocycles. The molecule has 0 bridgehead atoms. The first-order valence-electron chi connectivity index (χ1n) is 7.24. The predicted octanol–water partition coefficient (Wildman–Crippen LogP) is 1.86. The minimum atomic E-state index is -0.540. The molecule has 1 aromatic carbocycles. The van der Waals surface area contributed by atoms with Crippen molar-refractivity contribution in [2.75, 3.05) is 25.0 Å². The molecule has 2 unspecified atom stereocenters. The Morgan fingerprint density at radius 2 is 1.67 bits per heavy atom. The maximum atomic E-state index is 12.4. The van der Waals surface area contributed by atoms with Gasteiger partial charge in [0.05, 0.1) is 0 Å². The number of likely N-dealkylation sites (N-methyl/N-ethyl adjacent to an activating group) is 1. The summed E-state index contributed by atoms with van der Waals surface area (Å²) < 4.78 is 0. The van der Waals surface area contributed by atoms with E-state index in [0.717, 1.165) is 6.42 Å². The van der Waals surface area contributed by atoms with Gasteiger partial charge in [-0.25, -0.2) is 0 Å². The average molecular weight is 290 g/mol. The summed E-state index contributed by atoms with van der Waals surface area (Å²) in [5.41, 5.74) is 0.587. The fraction of sp³-hybridized carbons (Fsp3) is 0.500. The van der Waals surface area contributed by atoms with Gasteiger partial charge in [0.25, 0.3) is 0 Å². The fourth-order valence-electron chi connectivity index (χ4n) is 2.90. The summed E-state index contributed by atoms with van der Waals surface area (Å²) in [5, 5.41) is 9.27. The Balaban J connectivity index is 2.08. The summed E-state index contributed by atoms with van der Waals surface area (Å²) in [5.74, 6) is -0.0236. The van der Waals surface area contributed by atoms with E-state index in [4.69, 9.17) is 0 Å². The number of anilines is 1. The van der Waals surface area contributed by atoms with Gasteiger partial charge in [0.1, 0.15) is 5.75 Å². The first-order valence-corrected chi connectivity index (χ1v) is 7.24. The van der Waals surface area contributed by atoms with Gasteiger partial charge in [-0.2, -0.15) is 0 Å². The van der Waals surface area contributed by atoms with Crippen molar-refractivity contribution in [1.29, 1.82) is 0 Å². The predicted molar refractivity (Wildman–Crippen MR) is 81.0 cm³/mol. The number of hydrogen-bond donors (Lipinski definition) is 1. The molecule has 2 rings (SSSR count). The van der Waals surface area contributed by atoms with Crippen LogP contribution in [0, 0.1) is 11.8 Å². The van der Waals surface area contributed by atoms with Gasteiger partial charge in [0.2, 0.25) is 0 Å². The van der Waals surface area contributed by atoms with E-state index in [1.807, 2.05) is 0 Å². The van der Waals surface area contributed by atoms with Gasteiger partial charge in [-0.05, 0) is 42.5 Å². The van der Waals surface area contributed by atoms with Crippen LogP contribution in [0.1, 0.15) is 20.3 Å². The molecule has 0 saturated carbocycles. The summed E-state index contributed by atoms with van der Waals surface area (Å²) in [4.78, 5) is 27.6. The summed E-state index contributed by atoms with van der Waals surface area (Å²) in [6.07, 6.45) is 1.09. The van der Waals surface area contributed by atoms with Gasteiger partial charge in [-0.15, -0.1) is 0 Å². The standard InChI is InChI=1S/C16H22N2O3/c1-11-8-12(2)10-18(9-11)16(21)15(20)17(3)13-4-6-14(19)7-5-13/h4-7,11-12,19H,8-10H2,1-3H3. The smallest absolute Gasteiger partial charge is 0.316 e. The number of phenolic OH excluding ortho intramolecular Hbond substituents is 1. The van der Waals surface area contributed by atoms with Gasteiger partial charge in [-0.1, -0.05) is 13.8 Å². The lowest BCUT2D eigenvalue weighted by molar-refractivity contribution is -0.146. The topological polar surface area (TPSA) is 60.9 Å². The highest BCUT2D eigenvalue weighted by Crippen LogP contribution is 2.22. The van der Waals surface area contributed by atoms with E-state index in [1.165, 1.54) is 17.0 Å². The Morgan fingerprint density at radius 3 is 2.19 bits per heavy atom. The second-order valence-corrected chi connectivity index (χ2v) is 6.04. The average Bonchev–Trinajstić information content (AvgIpc) is 2.44. The van der Waals surface area contributed by atoms with Crippen LogP contribution < -0.4 is 4.90 Å². The number of phenols is 1. The molecular weight excluding hydrogens is 268 g/mol. The lowest BCUT2D eigenvalue weighted by Gasteiger charge is -2.35. The Hall–Kier alpha value is -2.04. The van der Waals surface area contributed by atoms with Crippen LogP contribution in [0.5, 0.6) is 5.75 Å². The van der Waals surface area contributed by atoms with Crippen molar-refractivity contribution in [3.8, 4) is 5.75 Å². The Bertz CT molecular complexity index is 517. The van der Waals surface area contributed by atoms with Crippen molar-refractivity contribution >= 4 is 17.5 Å². The van der Waals surface area contributed by atoms with Crippen LogP contribution in [-0.4, -0.2) is 42.0 Å². The largest absolute Gasteiger partial charge is 0.508 e. The number of amides is 2. The third-order valence-electron chi connectivity index (χ3n) is 3.88. The van der Waals surface area contributed by atoms with E-state index < -0.39 is 11.8 Å². The molecule has 1 N–H and O–H groups in total. The van der Waals surface area contributed by atoms with Gasteiger partial charge >= 0.3 is 11.8 Å². The Kier molecular flexibility index (Phi) is 4.50. The quantitative estimate of drug-likeness (QED) is 0.803. The maximum Gasteiger partial charge on any atom is 0.316 e. The van der Waals surface area contributed by atoms with Gasteiger partial charge in [-0.3, -0.25) is 9.59 Å². The van der Waals surface area contributed by atoms with Crippen LogP contribution in [0.25, 0.3) is 0 Å². The second kappa shape index (κ2) is 6.16. The molecule has 1 aromatic rings. The molecule has 21 heavy (non-hydrogen) atoms. The molecule has 5 nitrogen and oxygen atoms in total. The molecule has 1 fully saturated rings. The SMILES string of the molecule is CC1CC(C)CN(C(=O)C(=O)N(C)c2ccc(O)cc2)C1. The van der Waals surface area contributed by atoms with Crippen LogP contribution in [0.15, 0.2) is 24.3 Å². The van der Waals surface area contributed by atoms with E-state index in [1.54, 1.807) is 24.1 Å². The molecule has 114 valence electrons. The van der Waals surface area contributed by atoms with Crippen LogP contribution in [-0.2, 0) is 9.59 Å². The highest BCUT2D eigenvalue weighted by molar-refractivity contribution is 6.40. The number of carbonyl (C=O) groups excluding carboxylic acids is 2. The number of likely N-dealkylation sites (tertiary alicyclic amines) is 1. The number of carbonyl (C=O) groups is 2. The van der Waals surface area contributed by atoms with E-state index in [-0.39, 0.29) is 5.75 Å². The highest BCUT2D eigenvalue weighted by atomic mass is 16.3. The molecule has 1 heterocycles. The zero-order valence-corrected chi connectivity index (χ0v) is 12.7. The lowest BCUT2D eigenvalue weighted by atomic mass is 9.92. The number of rotatable bonds is 1. The molecule has 0 aromatic heterocycles. The second-order valence-electron chi connectivity index (χ2n) is 6.04. The van der Waals surface area contributed by atoms with Crippen LogP contribution in [0.2, 0.25) is 0 Å². The van der Waals surface area contributed by atoms with E-state index in [9.17, 15) is 14.7 Å². The van der Waals surface area contributed by atoms with E-state index in [2.05, 4.69) is 13.8 Å². The zero-order valence-electron chi connectivity index (χ0n) is 12.7. The van der Waals surface area contributed by atoms with Crippen LogP contribution in [0.3, 0.4) is 0 Å². The molecule has 1 aliphatic heterocycles. The number of benzene rings is 1. The number of hydrogen-bond acceptors (Lipinski definition) is 3. The zero-order chi connectivity index (χ0) is 15.6. The fourth-order valence-corrected chi connectivity index (χ4v) is 2.90. The molecule has 0 radical (unpaired) electrons. The minimum absolute atomic E-state index is 0.129. The third-order valence-corrected chi connectivity index (χ3v) is 3.88. The molecule has 0 spiro atoms. The van der Waals surface area contributed by atoms with E-state index in [0.29, 0.717) is 30.6 Å². The van der Waals surface area contributed by atoms with Gasteiger partial charge in [0.15, 0.2) is 0 Å². The third kappa shape index (κ3) is 3.54. The van der Waals surface area contributed by atoms with Crippen LogP contribution in [0.4, 0.5) is 5.69 Å². The molecule has 0 aliphatic carbocycles. The van der Waals surface area contributed by atoms with E-state index >= 15 is 0 Å². The Morgan fingerprint density at radius 1 is 1.14 bits per heavy atom. The monoisotopic (exact) mass is 290 g/mol. The molecular formula is C16H22N2O3. The minimum Gasteiger partial charge on any atom is -0.508 e. The van der Waals surface area contributed by atoms with Crippen molar-refractivity contribution < 1.29 is 14.7 Å².